The molecule has 0 spiro atoms. The summed E-state index contributed by atoms with van der Waals surface area (Å²) in [4.78, 5) is 8.02. The average molecular weight is 493 g/mol. The van der Waals surface area contributed by atoms with Gasteiger partial charge in [-0.15, -0.1) is 24.0 Å². The molecule has 2 aliphatic heterocycles. The van der Waals surface area contributed by atoms with Crippen LogP contribution in [0.1, 0.15) is 20.3 Å². The second-order valence-electron chi connectivity index (χ2n) is 6.94. The maximum atomic E-state index is 12.5. The summed E-state index contributed by atoms with van der Waals surface area (Å²) in [7, 11) is 1.68. The first kappa shape index (κ1) is 23.7. The van der Waals surface area contributed by atoms with Crippen LogP contribution in [0.3, 0.4) is 0 Å². The molecule has 26 heavy (non-hydrogen) atoms. The fraction of sp³-hybridized carbons (Fsp3) is 0.938. The second kappa shape index (κ2) is 10.9. The molecule has 0 amide bonds. The predicted octanol–water partition coefficient (Wildman–Crippen LogP) is 1.52. The largest absolute Gasteiger partial charge is 0.401 e. The molecule has 154 valence electrons. The van der Waals surface area contributed by atoms with Crippen LogP contribution in [0.2, 0.25) is 0 Å². The minimum absolute atomic E-state index is 0. The summed E-state index contributed by atoms with van der Waals surface area (Å²) in [6.07, 6.45) is -3.45. The van der Waals surface area contributed by atoms with Gasteiger partial charge in [0.05, 0.1) is 19.8 Å². The SMILES string of the molecule is CN=C(NCC(C)N1CCOCC1C)NC1CCN(CC(F)(F)F)C1.I. The van der Waals surface area contributed by atoms with E-state index < -0.39 is 12.7 Å². The number of halogens is 4. The summed E-state index contributed by atoms with van der Waals surface area (Å²) in [5.74, 6) is 0.645. The van der Waals surface area contributed by atoms with E-state index >= 15 is 0 Å². The zero-order chi connectivity index (χ0) is 18.4. The molecule has 2 heterocycles. The predicted molar refractivity (Wildman–Crippen MR) is 107 cm³/mol. The maximum Gasteiger partial charge on any atom is 0.401 e. The Labute approximate surface area is 170 Å². The lowest BCUT2D eigenvalue weighted by Crippen LogP contribution is -2.53. The van der Waals surface area contributed by atoms with Crippen LogP contribution in [0.25, 0.3) is 0 Å². The highest BCUT2D eigenvalue weighted by atomic mass is 127. The fourth-order valence-electron chi connectivity index (χ4n) is 3.49. The lowest BCUT2D eigenvalue weighted by molar-refractivity contribution is -0.143. The Balaban J connectivity index is 0.00000338. The van der Waals surface area contributed by atoms with E-state index in [1.54, 1.807) is 7.05 Å². The average Bonchev–Trinajstić information content (AvgIpc) is 2.96. The molecule has 0 saturated carbocycles. The van der Waals surface area contributed by atoms with E-state index in [-0.39, 0.29) is 30.0 Å². The zero-order valence-corrected chi connectivity index (χ0v) is 18.0. The van der Waals surface area contributed by atoms with Crippen LogP contribution in [0, 0.1) is 0 Å². The van der Waals surface area contributed by atoms with Crippen molar-refractivity contribution < 1.29 is 17.9 Å². The van der Waals surface area contributed by atoms with E-state index in [1.807, 2.05) is 0 Å². The number of hydrogen-bond acceptors (Lipinski definition) is 4. The molecule has 0 aromatic heterocycles. The van der Waals surface area contributed by atoms with Crippen molar-refractivity contribution >= 4 is 29.9 Å². The van der Waals surface area contributed by atoms with Gasteiger partial charge < -0.3 is 15.4 Å². The Morgan fingerprint density at radius 3 is 2.69 bits per heavy atom. The van der Waals surface area contributed by atoms with E-state index in [0.29, 0.717) is 37.6 Å². The summed E-state index contributed by atoms with van der Waals surface area (Å²) in [5.41, 5.74) is 0. The maximum absolute atomic E-state index is 12.5. The number of guanidine groups is 1. The Hall–Kier alpha value is -0.330. The highest BCUT2D eigenvalue weighted by Gasteiger charge is 2.34. The number of nitrogens with one attached hydrogen (secondary N) is 2. The highest BCUT2D eigenvalue weighted by Crippen LogP contribution is 2.19. The van der Waals surface area contributed by atoms with Crippen molar-refractivity contribution in [2.45, 2.75) is 44.6 Å². The Bertz CT molecular complexity index is 452. The van der Waals surface area contributed by atoms with Crippen LogP contribution in [0.5, 0.6) is 0 Å². The minimum atomic E-state index is -4.14. The smallest absolute Gasteiger partial charge is 0.379 e. The molecule has 0 aromatic carbocycles. The fourth-order valence-corrected chi connectivity index (χ4v) is 3.49. The van der Waals surface area contributed by atoms with Crippen molar-refractivity contribution in [3.8, 4) is 0 Å². The number of morpholine rings is 1. The van der Waals surface area contributed by atoms with E-state index in [9.17, 15) is 13.2 Å². The third-order valence-electron chi connectivity index (χ3n) is 4.79. The highest BCUT2D eigenvalue weighted by molar-refractivity contribution is 14.0. The molecular weight excluding hydrogens is 462 g/mol. The molecular formula is C16H31F3IN5O. The molecule has 6 nitrogen and oxygen atoms in total. The van der Waals surface area contributed by atoms with Gasteiger partial charge in [-0.2, -0.15) is 13.2 Å². The van der Waals surface area contributed by atoms with Crippen molar-refractivity contribution in [2.24, 2.45) is 4.99 Å². The lowest BCUT2D eigenvalue weighted by Gasteiger charge is -2.38. The van der Waals surface area contributed by atoms with Crippen molar-refractivity contribution in [2.75, 3.05) is 53.0 Å². The van der Waals surface area contributed by atoms with Crippen molar-refractivity contribution in [3.63, 3.8) is 0 Å². The zero-order valence-electron chi connectivity index (χ0n) is 15.7. The standard InChI is InChI=1S/C16H30F3N5O.HI/c1-12(24-6-7-25-10-13(24)2)8-21-15(20-3)22-14-4-5-23(9-14)11-16(17,18)19;/h12-14H,4-11H2,1-3H3,(H2,20,21,22);1H. The van der Waals surface area contributed by atoms with Gasteiger partial charge in [-0.05, 0) is 20.3 Å². The molecule has 2 N–H and O–H groups in total. The van der Waals surface area contributed by atoms with Crippen LogP contribution >= 0.6 is 24.0 Å². The molecule has 0 aromatic rings. The summed E-state index contributed by atoms with van der Waals surface area (Å²) < 4.78 is 42.9. The number of hydrogen-bond donors (Lipinski definition) is 2. The number of rotatable bonds is 5. The molecule has 3 unspecified atom stereocenters. The number of aliphatic imine (C=N–C) groups is 1. The quantitative estimate of drug-likeness (QED) is 0.346. The molecule has 2 saturated heterocycles. The van der Waals surface area contributed by atoms with Crippen LogP contribution in [0.4, 0.5) is 13.2 Å². The lowest BCUT2D eigenvalue weighted by atomic mass is 10.2. The molecule has 3 atom stereocenters. The molecule has 10 heteroatoms. The van der Waals surface area contributed by atoms with Crippen molar-refractivity contribution in [1.29, 1.82) is 0 Å². The summed E-state index contributed by atoms with van der Waals surface area (Å²) >= 11 is 0. The first-order valence-electron chi connectivity index (χ1n) is 8.88. The van der Waals surface area contributed by atoms with Crippen molar-refractivity contribution in [1.82, 2.24) is 20.4 Å². The number of nitrogens with zero attached hydrogens (tertiary/aromatic N) is 3. The van der Waals surface area contributed by atoms with Gasteiger partial charge >= 0.3 is 6.18 Å². The Morgan fingerprint density at radius 2 is 2.08 bits per heavy atom. The monoisotopic (exact) mass is 493 g/mol. The van der Waals surface area contributed by atoms with Gasteiger partial charge in [0.15, 0.2) is 5.96 Å². The Kier molecular flexibility index (Phi) is 9.91. The normalized spacial score (nSPS) is 27.1. The van der Waals surface area contributed by atoms with E-state index in [4.69, 9.17) is 4.74 Å². The molecule has 0 aliphatic carbocycles. The van der Waals surface area contributed by atoms with Crippen LogP contribution in [-0.2, 0) is 4.74 Å². The van der Waals surface area contributed by atoms with E-state index in [1.165, 1.54) is 4.90 Å². The molecule has 2 fully saturated rings. The van der Waals surface area contributed by atoms with Crippen LogP contribution < -0.4 is 10.6 Å². The van der Waals surface area contributed by atoms with Crippen molar-refractivity contribution in [3.05, 3.63) is 0 Å². The summed E-state index contributed by atoms with van der Waals surface area (Å²) in [6, 6.07) is 0.695. The third kappa shape index (κ3) is 7.73. The van der Waals surface area contributed by atoms with Gasteiger partial charge in [-0.25, -0.2) is 0 Å². The van der Waals surface area contributed by atoms with Gasteiger partial charge in [-0.3, -0.25) is 14.8 Å². The van der Waals surface area contributed by atoms with Crippen LogP contribution in [0.15, 0.2) is 4.99 Å². The second-order valence-corrected chi connectivity index (χ2v) is 6.94. The van der Waals surface area contributed by atoms with Gasteiger partial charge in [0.2, 0.25) is 0 Å². The number of likely N-dealkylation sites (tertiary alicyclic amines) is 1. The number of alkyl halides is 3. The molecule has 0 bridgehead atoms. The summed E-state index contributed by atoms with van der Waals surface area (Å²) in [6.45, 7) is 7.43. The first-order chi connectivity index (χ1) is 11.8. The molecule has 2 rings (SSSR count). The molecule has 0 radical (unpaired) electrons. The number of ether oxygens (including phenoxy) is 1. The van der Waals surface area contributed by atoms with Gasteiger partial charge in [0, 0.05) is 51.4 Å². The topological polar surface area (TPSA) is 52.1 Å². The van der Waals surface area contributed by atoms with E-state index in [2.05, 4.69) is 34.4 Å². The third-order valence-corrected chi connectivity index (χ3v) is 4.79. The van der Waals surface area contributed by atoms with Gasteiger partial charge in [0.1, 0.15) is 0 Å². The van der Waals surface area contributed by atoms with Gasteiger partial charge in [-0.1, -0.05) is 0 Å². The Morgan fingerprint density at radius 1 is 1.35 bits per heavy atom. The minimum Gasteiger partial charge on any atom is -0.379 e. The van der Waals surface area contributed by atoms with Gasteiger partial charge in [0.25, 0.3) is 0 Å². The molecule has 2 aliphatic rings. The van der Waals surface area contributed by atoms with E-state index in [0.717, 1.165) is 26.3 Å². The summed E-state index contributed by atoms with van der Waals surface area (Å²) in [5, 5.41) is 6.53. The first-order valence-corrected chi connectivity index (χ1v) is 8.88. The van der Waals surface area contributed by atoms with Crippen LogP contribution in [-0.4, -0.2) is 93.0 Å².